The number of carbonyl (C=O) groups excluding carboxylic acids is 1. The zero-order valence-electron chi connectivity index (χ0n) is 13.6. The Morgan fingerprint density at radius 2 is 2.08 bits per heavy atom. The molecule has 1 atom stereocenters. The molecule has 8 heteroatoms. The van der Waals surface area contributed by atoms with Gasteiger partial charge in [0.25, 0.3) is 5.22 Å². The minimum Gasteiger partial charge on any atom is -0.411 e. The molecule has 0 saturated carbocycles. The molecule has 0 spiro atoms. The largest absolute Gasteiger partial charge is 0.411 e. The molecule has 130 valence electrons. The lowest BCUT2D eigenvalue weighted by atomic mass is 10.2. The number of aromatic nitrogens is 2. The van der Waals surface area contributed by atoms with Gasteiger partial charge in [0.15, 0.2) is 0 Å². The lowest BCUT2D eigenvalue weighted by Crippen LogP contribution is -2.22. The molecule has 0 aliphatic heterocycles. The van der Waals surface area contributed by atoms with Gasteiger partial charge in [-0.15, -0.1) is 10.2 Å². The summed E-state index contributed by atoms with van der Waals surface area (Å²) in [6.07, 6.45) is 0. The lowest BCUT2D eigenvalue weighted by molar-refractivity contribution is -0.115. The molecule has 0 aliphatic carbocycles. The number of nitrogens with zero attached hydrogens (tertiary/aromatic N) is 3. The molecule has 0 radical (unpaired) electrons. The number of thioether (sulfide) groups is 1. The van der Waals surface area contributed by atoms with E-state index in [0.29, 0.717) is 27.7 Å². The van der Waals surface area contributed by atoms with Crippen LogP contribution < -0.4 is 5.32 Å². The Morgan fingerprint density at radius 1 is 1.27 bits per heavy atom. The normalized spacial score (nSPS) is 11.6. The van der Waals surface area contributed by atoms with Crippen molar-refractivity contribution in [3.8, 4) is 17.5 Å². The molecule has 1 amide bonds. The highest BCUT2D eigenvalue weighted by molar-refractivity contribution is 8.00. The third-order valence-corrected chi connectivity index (χ3v) is 4.60. The number of anilines is 1. The van der Waals surface area contributed by atoms with E-state index in [1.165, 1.54) is 0 Å². The van der Waals surface area contributed by atoms with Gasteiger partial charge in [0, 0.05) is 10.6 Å². The molecule has 1 N–H and O–H groups in total. The SMILES string of the molecule is CC(Sc1nnc(-c2cccc(Cl)c2)o1)C(=O)Nc1ccccc1C#N. The van der Waals surface area contributed by atoms with Crippen molar-refractivity contribution in [3.05, 3.63) is 59.1 Å². The third-order valence-electron chi connectivity index (χ3n) is 3.43. The standard InChI is InChI=1S/C18H13ClN4O2S/c1-11(16(24)21-15-8-3-2-5-13(15)10-20)26-18-23-22-17(25-18)12-6-4-7-14(19)9-12/h2-9,11H,1H3,(H,21,24). The van der Waals surface area contributed by atoms with Gasteiger partial charge in [-0.2, -0.15) is 5.26 Å². The third kappa shape index (κ3) is 4.23. The van der Waals surface area contributed by atoms with Crippen LogP contribution in [0.1, 0.15) is 12.5 Å². The van der Waals surface area contributed by atoms with Crippen LogP contribution in [0.15, 0.2) is 58.2 Å². The van der Waals surface area contributed by atoms with Crippen molar-refractivity contribution in [2.24, 2.45) is 0 Å². The lowest BCUT2D eigenvalue weighted by Gasteiger charge is -2.10. The average Bonchev–Trinajstić information content (AvgIpc) is 3.10. The molecular weight excluding hydrogens is 372 g/mol. The van der Waals surface area contributed by atoms with Gasteiger partial charge in [0.2, 0.25) is 11.8 Å². The van der Waals surface area contributed by atoms with Gasteiger partial charge >= 0.3 is 0 Å². The van der Waals surface area contributed by atoms with Gasteiger partial charge in [-0.05, 0) is 37.3 Å². The molecule has 2 aromatic carbocycles. The number of hydrogen-bond acceptors (Lipinski definition) is 6. The molecule has 1 heterocycles. The van der Waals surface area contributed by atoms with E-state index in [4.69, 9.17) is 21.3 Å². The smallest absolute Gasteiger partial charge is 0.277 e. The first kappa shape index (κ1) is 18.0. The summed E-state index contributed by atoms with van der Waals surface area (Å²) in [5.74, 6) is 0.0673. The number of nitrogens with one attached hydrogen (secondary N) is 1. The summed E-state index contributed by atoms with van der Waals surface area (Å²) in [6.45, 7) is 1.72. The van der Waals surface area contributed by atoms with Crippen molar-refractivity contribution in [3.63, 3.8) is 0 Å². The number of benzene rings is 2. The van der Waals surface area contributed by atoms with Crippen LogP contribution in [0.2, 0.25) is 5.02 Å². The Bertz CT molecular complexity index is 983. The molecule has 0 aliphatic rings. The van der Waals surface area contributed by atoms with Crippen LogP contribution >= 0.6 is 23.4 Å². The summed E-state index contributed by atoms with van der Waals surface area (Å²) in [4.78, 5) is 12.4. The number of hydrogen-bond donors (Lipinski definition) is 1. The van der Waals surface area contributed by atoms with E-state index in [-0.39, 0.29) is 11.1 Å². The highest BCUT2D eigenvalue weighted by Crippen LogP contribution is 2.28. The van der Waals surface area contributed by atoms with E-state index < -0.39 is 5.25 Å². The molecule has 3 rings (SSSR count). The van der Waals surface area contributed by atoms with Gasteiger partial charge in [-0.25, -0.2) is 0 Å². The van der Waals surface area contributed by atoms with Crippen molar-refractivity contribution in [2.75, 3.05) is 5.32 Å². The van der Waals surface area contributed by atoms with Crippen LogP contribution in [-0.4, -0.2) is 21.4 Å². The summed E-state index contributed by atoms with van der Waals surface area (Å²) in [6, 6.07) is 15.9. The Labute approximate surface area is 159 Å². The second-order valence-electron chi connectivity index (χ2n) is 5.29. The maximum absolute atomic E-state index is 12.4. The Morgan fingerprint density at radius 3 is 2.85 bits per heavy atom. The summed E-state index contributed by atoms with van der Waals surface area (Å²) in [5, 5.41) is 20.1. The molecule has 0 fully saturated rings. The van der Waals surface area contributed by atoms with Crippen molar-refractivity contribution >= 4 is 35.0 Å². The van der Waals surface area contributed by atoms with Crippen LogP contribution in [0.3, 0.4) is 0 Å². The van der Waals surface area contributed by atoms with Gasteiger partial charge in [-0.1, -0.05) is 41.6 Å². The fourth-order valence-corrected chi connectivity index (χ4v) is 3.00. The quantitative estimate of drug-likeness (QED) is 0.656. The molecule has 0 saturated heterocycles. The minimum absolute atomic E-state index is 0.264. The van der Waals surface area contributed by atoms with E-state index in [1.54, 1.807) is 49.4 Å². The predicted molar refractivity (Wildman–Crippen MR) is 99.8 cm³/mol. The summed E-state index contributed by atoms with van der Waals surface area (Å²) < 4.78 is 5.59. The molecule has 3 aromatic rings. The van der Waals surface area contributed by atoms with Crippen LogP contribution in [-0.2, 0) is 4.79 Å². The molecule has 6 nitrogen and oxygen atoms in total. The minimum atomic E-state index is -0.491. The second kappa shape index (κ2) is 8.04. The van der Waals surface area contributed by atoms with Gasteiger partial charge in [-0.3, -0.25) is 4.79 Å². The molecular formula is C18H13ClN4O2S. The first-order valence-corrected chi connectivity index (χ1v) is 8.88. The molecule has 1 aromatic heterocycles. The van der Waals surface area contributed by atoms with E-state index in [0.717, 1.165) is 11.8 Å². The van der Waals surface area contributed by atoms with Crippen LogP contribution in [0.4, 0.5) is 5.69 Å². The monoisotopic (exact) mass is 384 g/mol. The Balaban J connectivity index is 1.67. The van der Waals surface area contributed by atoms with Crippen molar-refractivity contribution in [1.82, 2.24) is 10.2 Å². The predicted octanol–water partition coefficient (Wildman–Crippen LogP) is 4.38. The fourth-order valence-electron chi connectivity index (χ4n) is 2.12. The number of carbonyl (C=O) groups is 1. The number of nitriles is 1. The summed E-state index contributed by atoms with van der Waals surface area (Å²) >= 11 is 7.09. The van der Waals surface area contributed by atoms with Crippen LogP contribution in [0, 0.1) is 11.3 Å². The number of halogens is 1. The first-order chi connectivity index (χ1) is 12.6. The van der Waals surface area contributed by atoms with Gasteiger partial charge < -0.3 is 9.73 Å². The van der Waals surface area contributed by atoms with E-state index in [2.05, 4.69) is 15.5 Å². The van der Waals surface area contributed by atoms with Crippen molar-refractivity contribution in [1.29, 1.82) is 5.26 Å². The zero-order valence-corrected chi connectivity index (χ0v) is 15.2. The summed E-state index contributed by atoms with van der Waals surface area (Å²) in [5.41, 5.74) is 1.58. The maximum atomic E-state index is 12.4. The van der Waals surface area contributed by atoms with E-state index in [1.807, 2.05) is 12.1 Å². The van der Waals surface area contributed by atoms with Crippen LogP contribution in [0.5, 0.6) is 0 Å². The summed E-state index contributed by atoms with van der Waals surface area (Å²) in [7, 11) is 0. The molecule has 0 bridgehead atoms. The highest BCUT2D eigenvalue weighted by atomic mass is 35.5. The Hall–Kier alpha value is -2.82. The molecule has 26 heavy (non-hydrogen) atoms. The number of amides is 1. The zero-order chi connectivity index (χ0) is 18.5. The first-order valence-electron chi connectivity index (χ1n) is 7.63. The van der Waals surface area contributed by atoms with Gasteiger partial charge in [0.1, 0.15) is 6.07 Å². The fraction of sp³-hybridized carbons (Fsp3) is 0.111. The number of para-hydroxylation sites is 1. The van der Waals surface area contributed by atoms with Crippen molar-refractivity contribution in [2.45, 2.75) is 17.4 Å². The molecule has 1 unspecified atom stereocenters. The van der Waals surface area contributed by atoms with E-state index in [9.17, 15) is 4.79 Å². The highest BCUT2D eigenvalue weighted by Gasteiger charge is 2.19. The topological polar surface area (TPSA) is 91.8 Å². The van der Waals surface area contributed by atoms with Gasteiger partial charge in [0.05, 0.1) is 16.5 Å². The van der Waals surface area contributed by atoms with Crippen molar-refractivity contribution < 1.29 is 9.21 Å². The Kier molecular flexibility index (Phi) is 5.56. The number of rotatable bonds is 5. The second-order valence-corrected chi connectivity index (χ2v) is 7.02. The van der Waals surface area contributed by atoms with Crippen LogP contribution in [0.25, 0.3) is 11.5 Å². The average molecular weight is 385 g/mol. The maximum Gasteiger partial charge on any atom is 0.277 e. The van der Waals surface area contributed by atoms with E-state index >= 15 is 0 Å².